The SMILES string of the molecule is CC1C(CN2C(C(=O)NC(C)(C)C)CCC3CCCCC32)OC(c2ccc(NC(=O)CCC(=O)O)cc2)OC1c1ccc(CO)cc1. The van der Waals surface area contributed by atoms with Crippen molar-refractivity contribution < 1.29 is 34.1 Å². The quantitative estimate of drug-likeness (QED) is 0.257. The number of carbonyl (C=O) groups is 3. The molecule has 256 valence electrons. The highest BCUT2D eigenvalue weighted by molar-refractivity contribution is 5.92. The van der Waals surface area contributed by atoms with E-state index in [-0.39, 0.29) is 61.0 Å². The number of amides is 2. The van der Waals surface area contributed by atoms with Crippen LogP contribution in [0.25, 0.3) is 0 Å². The van der Waals surface area contributed by atoms with Crippen LogP contribution in [-0.4, -0.2) is 63.2 Å². The topological polar surface area (TPSA) is 137 Å². The first-order chi connectivity index (χ1) is 22.4. The van der Waals surface area contributed by atoms with Gasteiger partial charge in [0.15, 0.2) is 6.29 Å². The van der Waals surface area contributed by atoms with E-state index >= 15 is 0 Å². The molecular weight excluding hydrogens is 598 g/mol. The Hall–Kier alpha value is -3.31. The van der Waals surface area contributed by atoms with Crippen molar-refractivity contribution in [3.8, 4) is 0 Å². The lowest BCUT2D eigenvalue weighted by Crippen LogP contribution is -2.61. The Kier molecular flexibility index (Phi) is 11.4. The molecule has 2 aliphatic heterocycles. The number of aliphatic hydroxyl groups is 1. The number of aliphatic hydroxyl groups excluding tert-OH is 1. The predicted octanol–water partition coefficient (Wildman–Crippen LogP) is 5.71. The van der Waals surface area contributed by atoms with Crippen LogP contribution >= 0.6 is 0 Å². The lowest BCUT2D eigenvalue weighted by molar-refractivity contribution is -0.278. The summed E-state index contributed by atoms with van der Waals surface area (Å²) in [5.41, 5.74) is 2.84. The molecule has 2 amide bonds. The van der Waals surface area contributed by atoms with Gasteiger partial charge in [0.2, 0.25) is 11.8 Å². The molecular formula is C37H51N3O7. The van der Waals surface area contributed by atoms with Crippen molar-refractivity contribution in [1.29, 1.82) is 0 Å². The van der Waals surface area contributed by atoms with Crippen LogP contribution in [0, 0.1) is 11.8 Å². The molecule has 10 nitrogen and oxygen atoms in total. The summed E-state index contributed by atoms with van der Waals surface area (Å²) in [6, 6.07) is 15.2. The molecule has 2 saturated heterocycles. The zero-order chi connectivity index (χ0) is 33.7. The average molecular weight is 650 g/mol. The number of aliphatic carboxylic acids is 1. The second-order valence-electron chi connectivity index (χ2n) is 14.5. The zero-order valence-corrected chi connectivity index (χ0v) is 28.1. The van der Waals surface area contributed by atoms with Crippen LogP contribution < -0.4 is 10.6 Å². The number of ether oxygens (including phenoxy) is 2. The van der Waals surface area contributed by atoms with Gasteiger partial charge >= 0.3 is 5.97 Å². The Morgan fingerprint density at radius 3 is 2.23 bits per heavy atom. The number of hydrogen-bond donors (Lipinski definition) is 4. The highest BCUT2D eigenvalue weighted by Crippen LogP contribution is 2.44. The third-order valence-electron chi connectivity index (χ3n) is 9.85. The third-order valence-corrected chi connectivity index (χ3v) is 9.85. The highest BCUT2D eigenvalue weighted by Gasteiger charge is 2.46. The number of nitrogens with zero attached hydrogens (tertiary/aromatic N) is 1. The third kappa shape index (κ3) is 8.99. The molecule has 47 heavy (non-hydrogen) atoms. The van der Waals surface area contributed by atoms with E-state index in [1.165, 1.54) is 12.8 Å². The molecule has 10 heteroatoms. The summed E-state index contributed by atoms with van der Waals surface area (Å²) < 4.78 is 13.5. The van der Waals surface area contributed by atoms with Crippen molar-refractivity contribution in [3.05, 3.63) is 65.2 Å². The molecule has 3 fully saturated rings. The van der Waals surface area contributed by atoms with Crippen LogP contribution in [0.2, 0.25) is 0 Å². The number of likely N-dealkylation sites (tertiary alicyclic amines) is 1. The Labute approximate surface area is 278 Å². The van der Waals surface area contributed by atoms with E-state index in [0.717, 1.165) is 42.4 Å². The van der Waals surface area contributed by atoms with Gasteiger partial charge in [0, 0.05) is 41.7 Å². The number of rotatable bonds is 10. The number of piperidine rings is 1. The smallest absolute Gasteiger partial charge is 0.303 e. The Morgan fingerprint density at radius 1 is 0.894 bits per heavy atom. The van der Waals surface area contributed by atoms with Crippen LogP contribution in [0.3, 0.4) is 0 Å². The summed E-state index contributed by atoms with van der Waals surface area (Å²) in [4.78, 5) is 39.2. The first kappa shape index (κ1) is 35.0. The van der Waals surface area contributed by atoms with Gasteiger partial charge in [0.1, 0.15) is 0 Å². The molecule has 3 aliphatic rings. The largest absolute Gasteiger partial charge is 0.481 e. The maximum Gasteiger partial charge on any atom is 0.303 e. The van der Waals surface area contributed by atoms with Gasteiger partial charge in [-0.25, -0.2) is 0 Å². The van der Waals surface area contributed by atoms with Crippen molar-refractivity contribution in [2.24, 2.45) is 11.8 Å². The molecule has 0 spiro atoms. The summed E-state index contributed by atoms with van der Waals surface area (Å²) >= 11 is 0. The van der Waals surface area contributed by atoms with E-state index in [1.807, 2.05) is 57.2 Å². The van der Waals surface area contributed by atoms with E-state index in [4.69, 9.17) is 14.6 Å². The summed E-state index contributed by atoms with van der Waals surface area (Å²) in [5.74, 6) is -0.757. The highest BCUT2D eigenvalue weighted by atomic mass is 16.7. The molecule has 2 aromatic rings. The molecule has 5 rings (SSSR count). The minimum Gasteiger partial charge on any atom is -0.481 e. The molecule has 0 bridgehead atoms. The standard InChI is InChI=1S/C37H51N3O7/c1-23-31(21-40-29-8-6-5-7-25(29)15-18-30(40)35(45)39-37(2,3)4)46-36(47-34(23)26-11-9-24(22-41)10-12-26)27-13-16-28(17-14-27)38-32(42)19-20-33(43)44/h9-14,16-17,23,25,29-31,34,36,41H,5-8,15,18-22H2,1-4H3,(H,38,42)(H,39,45)(H,43,44). The van der Waals surface area contributed by atoms with E-state index in [0.29, 0.717) is 24.2 Å². The first-order valence-electron chi connectivity index (χ1n) is 17.1. The lowest BCUT2D eigenvalue weighted by atomic mass is 9.75. The molecule has 7 unspecified atom stereocenters. The van der Waals surface area contributed by atoms with Gasteiger partial charge < -0.3 is 30.3 Å². The predicted molar refractivity (Wildman–Crippen MR) is 178 cm³/mol. The molecule has 1 aliphatic carbocycles. The van der Waals surface area contributed by atoms with Crippen LogP contribution in [-0.2, 0) is 30.5 Å². The van der Waals surface area contributed by atoms with Gasteiger partial charge in [-0.05, 0) is 75.6 Å². The normalized spacial score (nSPS) is 28.2. The fourth-order valence-corrected chi connectivity index (χ4v) is 7.43. The van der Waals surface area contributed by atoms with E-state index < -0.39 is 12.3 Å². The number of carboxylic acid groups (broad SMARTS) is 1. The van der Waals surface area contributed by atoms with Crippen molar-refractivity contribution >= 4 is 23.5 Å². The minimum absolute atomic E-state index is 0.0330. The monoisotopic (exact) mass is 649 g/mol. The minimum atomic E-state index is -1.02. The fraction of sp³-hybridized carbons (Fsp3) is 0.595. The van der Waals surface area contributed by atoms with Crippen LogP contribution in [0.4, 0.5) is 5.69 Å². The molecule has 1 saturated carbocycles. The Morgan fingerprint density at radius 2 is 1.57 bits per heavy atom. The maximum absolute atomic E-state index is 13.7. The van der Waals surface area contributed by atoms with Crippen LogP contribution in [0.15, 0.2) is 48.5 Å². The summed E-state index contributed by atoms with van der Waals surface area (Å²) in [5, 5.41) is 24.5. The van der Waals surface area contributed by atoms with Gasteiger partial charge in [0.25, 0.3) is 0 Å². The van der Waals surface area contributed by atoms with Crippen LogP contribution in [0.1, 0.15) is 108 Å². The van der Waals surface area contributed by atoms with Crippen molar-refractivity contribution in [2.45, 2.75) is 122 Å². The van der Waals surface area contributed by atoms with Gasteiger partial charge in [0.05, 0.1) is 31.3 Å². The number of benzene rings is 2. The lowest BCUT2D eigenvalue weighted by Gasteiger charge is -2.51. The van der Waals surface area contributed by atoms with Crippen LogP contribution in [0.5, 0.6) is 0 Å². The Bertz CT molecular complexity index is 1370. The zero-order valence-electron chi connectivity index (χ0n) is 28.1. The molecule has 7 atom stereocenters. The average Bonchev–Trinajstić information content (AvgIpc) is 3.04. The number of fused-ring (bicyclic) bond motifs is 1. The molecule has 4 N–H and O–H groups in total. The van der Waals surface area contributed by atoms with Crippen molar-refractivity contribution in [3.63, 3.8) is 0 Å². The van der Waals surface area contributed by atoms with E-state index in [1.54, 1.807) is 12.1 Å². The summed E-state index contributed by atoms with van der Waals surface area (Å²) in [6.07, 6.45) is 5.01. The number of carboxylic acids is 1. The van der Waals surface area contributed by atoms with E-state index in [2.05, 4.69) is 22.5 Å². The molecule has 0 radical (unpaired) electrons. The van der Waals surface area contributed by atoms with E-state index in [9.17, 15) is 19.5 Å². The second kappa shape index (κ2) is 15.3. The number of anilines is 1. The van der Waals surface area contributed by atoms with Crippen molar-refractivity contribution in [2.75, 3.05) is 11.9 Å². The number of hydrogen-bond acceptors (Lipinski definition) is 7. The molecule has 2 heterocycles. The molecule has 2 aromatic carbocycles. The first-order valence-corrected chi connectivity index (χ1v) is 17.1. The number of carbonyl (C=O) groups excluding carboxylic acids is 2. The maximum atomic E-state index is 13.7. The summed E-state index contributed by atoms with van der Waals surface area (Å²) in [7, 11) is 0. The van der Waals surface area contributed by atoms with Gasteiger partial charge in [-0.3, -0.25) is 19.3 Å². The fourth-order valence-electron chi connectivity index (χ4n) is 7.43. The van der Waals surface area contributed by atoms with Crippen molar-refractivity contribution in [1.82, 2.24) is 10.2 Å². The Balaban J connectivity index is 1.41. The number of nitrogens with one attached hydrogen (secondary N) is 2. The molecule has 0 aromatic heterocycles. The van der Waals surface area contributed by atoms with Gasteiger partial charge in [-0.1, -0.05) is 56.2 Å². The van der Waals surface area contributed by atoms with Gasteiger partial charge in [-0.15, -0.1) is 0 Å². The summed E-state index contributed by atoms with van der Waals surface area (Å²) in [6.45, 7) is 8.78. The van der Waals surface area contributed by atoms with Gasteiger partial charge in [-0.2, -0.15) is 0 Å². The second-order valence-corrected chi connectivity index (χ2v) is 14.5.